The Morgan fingerprint density at radius 2 is 2.12 bits per heavy atom. The molecule has 2 amide bonds. The summed E-state index contributed by atoms with van der Waals surface area (Å²) in [4.78, 5) is 16.5. The van der Waals surface area contributed by atoms with Gasteiger partial charge < -0.3 is 19.9 Å². The van der Waals surface area contributed by atoms with Crippen LogP contribution in [0.4, 0.5) is 20.6 Å². The highest BCUT2D eigenvalue weighted by Gasteiger charge is 2.28. The summed E-state index contributed by atoms with van der Waals surface area (Å²) in [7, 11) is 0. The smallest absolute Gasteiger partial charge is 0.321 e. The molecule has 3 heterocycles. The quantitative estimate of drug-likeness (QED) is 0.914. The van der Waals surface area contributed by atoms with Crippen LogP contribution in [0.2, 0.25) is 0 Å². The van der Waals surface area contributed by atoms with Gasteiger partial charge in [-0.05, 0) is 30.7 Å². The highest BCUT2D eigenvalue weighted by molar-refractivity contribution is 5.93. The number of ether oxygens (including phenoxy) is 1. The van der Waals surface area contributed by atoms with Crippen molar-refractivity contribution in [1.82, 2.24) is 14.7 Å². The average molecular weight is 359 g/mol. The van der Waals surface area contributed by atoms with Gasteiger partial charge in [-0.25, -0.2) is 9.18 Å². The standard InChI is InChI=1S/C18H22FN5O2/c19-14-2-3-16(17(12-14)22-8-10-26-11-9-22)21-18(25)23-7-4-15(13-23)24-6-1-5-20-24/h1-3,5-6,12,15H,4,7-11,13H2,(H,21,25)/t15-/m1/s1. The second-order valence-electron chi connectivity index (χ2n) is 6.57. The normalized spacial score (nSPS) is 20.4. The fraction of sp³-hybridized carbons (Fsp3) is 0.444. The van der Waals surface area contributed by atoms with E-state index in [0.29, 0.717) is 50.8 Å². The van der Waals surface area contributed by atoms with Gasteiger partial charge in [0.1, 0.15) is 5.82 Å². The first-order valence-corrected chi connectivity index (χ1v) is 8.88. The predicted molar refractivity (Wildman–Crippen MR) is 95.9 cm³/mol. The van der Waals surface area contributed by atoms with E-state index in [-0.39, 0.29) is 17.9 Å². The Morgan fingerprint density at radius 3 is 2.88 bits per heavy atom. The molecule has 0 unspecified atom stereocenters. The number of amides is 2. The van der Waals surface area contributed by atoms with Crippen molar-refractivity contribution >= 4 is 17.4 Å². The number of morpholine rings is 1. The van der Waals surface area contributed by atoms with Gasteiger partial charge in [-0.1, -0.05) is 0 Å². The molecule has 1 aromatic heterocycles. The van der Waals surface area contributed by atoms with E-state index in [4.69, 9.17) is 4.74 Å². The van der Waals surface area contributed by atoms with E-state index < -0.39 is 0 Å². The molecule has 2 saturated heterocycles. The molecule has 26 heavy (non-hydrogen) atoms. The van der Waals surface area contributed by atoms with E-state index in [9.17, 15) is 9.18 Å². The largest absolute Gasteiger partial charge is 0.378 e. The second kappa shape index (κ2) is 7.33. The van der Waals surface area contributed by atoms with Crippen molar-refractivity contribution in [3.05, 3.63) is 42.5 Å². The number of anilines is 2. The monoisotopic (exact) mass is 359 g/mol. The van der Waals surface area contributed by atoms with Crippen LogP contribution in [0.25, 0.3) is 0 Å². The maximum Gasteiger partial charge on any atom is 0.321 e. The second-order valence-corrected chi connectivity index (χ2v) is 6.57. The molecule has 1 aromatic carbocycles. The minimum atomic E-state index is -0.315. The number of carbonyl (C=O) groups is 1. The molecular weight excluding hydrogens is 337 g/mol. The predicted octanol–water partition coefficient (Wildman–Crippen LogP) is 2.34. The summed E-state index contributed by atoms with van der Waals surface area (Å²) in [5.41, 5.74) is 1.32. The zero-order chi connectivity index (χ0) is 17.9. The van der Waals surface area contributed by atoms with Gasteiger partial charge in [0.05, 0.1) is 30.6 Å². The molecule has 0 bridgehead atoms. The van der Waals surface area contributed by atoms with E-state index in [2.05, 4.69) is 10.4 Å². The number of urea groups is 1. The van der Waals surface area contributed by atoms with Crippen LogP contribution in [0.3, 0.4) is 0 Å². The van der Waals surface area contributed by atoms with Gasteiger partial charge in [0.2, 0.25) is 0 Å². The van der Waals surface area contributed by atoms with Gasteiger partial charge in [0.15, 0.2) is 0 Å². The zero-order valence-electron chi connectivity index (χ0n) is 14.5. The third kappa shape index (κ3) is 3.50. The molecule has 4 rings (SSSR count). The Kier molecular flexibility index (Phi) is 4.75. The molecule has 138 valence electrons. The summed E-state index contributed by atoms with van der Waals surface area (Å²) in [6.45, 7) is 3.84. The molecule has 2 fully saturated rings. The van der Waals surface area contributed by atoms with Gasteiger partial charge in [-0.2, -0.15) is 5.10 Å². The Labute approximate surface area is 151 Å². The molecule has 8 heteroatoms. The van der Waals surface area contributed by atoms with Crippen LogP contribution < -0.4 is 10.2 Å². The Balaban J connectivity index is 1.46. The first-order chi connectivity index (χ1) is 12.7. The molecule has 1 N–H and O–H groups in total. The summed E-state index contributed by atoms with van der Waals surface area (Å²) in [6.07, 6.45) is 4.53. The highest BCUT2D eigenvalue weighted by atomic mass is 19.1. The fourth-order valence-corrected chi connectivity index (χ4v) is 3.51. The van der Waals surface area contributed by atoms with Crippen LogP contribution >= 0.6 is 0 Å². The SMILES string of the molecule is O=C(Nc1ccc(F)cc1N1CCOCC1)N1CC[C@@H](n2cccn2)C1. The number of halogens is 1. The summed E-state index contributed by atoms with van der Waals surface area (Å²) in [6, 6.07) is 6.38. The number of hydrogen-bond acceptors (Lipinski definition) is 4. The number of hydrogen-bond donors (Lipinski definition) is 1. The van der Waals surface area contributed by atoms with Crippen molar-refractivity contribution in [2.24, 2.45) is 0 Å². The molecule has 2 aromatic rings. The zero-order valence-corrected chi connectivity index (χ0v) is 14.5. The van der Waals surface area contributed by atoms with Crippen molar-refractivity contribution < 1.29 is 13.9 Å². The number of aromatic nitrogens is 2. The number of rotatable bonds is 3. The van der Waals surface area contributed by atoms with Crippen molar-refractivity contribution in [3.8, 4) is 0 Å². The molecule has 2 aliphatic heterocycles. The number of likely N-dealkylation sites (tertiary alicyclic amines) is 1. The summed E-state index contributed by atoms with van der Waals surface area (Å²) < 4.78 is 21.0. The molecule has 1 atom stereocenters. The lowest BCUT2D eigenvalue weighted by Crippen LogP contribution is -2.38. The maximum atomic E-state index is 13.8. The minimum absolute atomic E-state index is 0.166. The first-order valence-electron chi connectivity index (χ1n) is 8.88. The number of nitrogens with one attached hydrogen (secondary N) is 1. The highest BCUT2D eigenvalue weighted by Crippen LogP contribution is 2.29. The van der Waals surface area contributed by atoms with Crippen molar-refractivity contribution in [2.75, 3.05) is 49.6 Å². The van der Waals surface area contributed by atoms with Crippen LogP contribution in [0.15, 0.2) is 36.7 Å². The summed E-state index contributed by atoms with van der Waals surface area (Å²) in [5, 5.41) is 7.21. The molecule has 2 aliphatic rings. The Bertz CT molecular complexity index is 761. The van der Waals surface area contributed by atoms with Gasteiger partial charge >= 0.3 is 6.03 Å². The van der Waals surface area contributed by atoms with E-state index in [1.807, 2.05) is 21.8 Å². The van der Waals surface area contributed by atoms with Crippen molar-refractivity contribution in [3.63, 3.8) is 0 Å². The van der Waals surface area contributed by atoms with E-state index in [1.54, 1.807) is 17.2 Å². The average Bonchev–Trinajstić information content (AvgIpc) is 3.35. The molecule has 0 radical (unpaired) electrons. The fourth-order valence-electron chi connectivity index (χ4n) is 3.51. The van der Waals surface area contributed by atoms with Crippen LogP contribution in [0, 0.1) is 5.82 Å². The van der Waals surface area contributed by atoms with Gasteiger partial charge in [0, 0.05) is 38.6 Å². The molecule has 0 saturated carbocycles. The lowest BCUT2D eigenvalue weighted by molar-refractivity contribution is 0.122. The number of carbonyl (C=O) groups excluding carboxylic acids is 1. The third-order valence-corrected chi connectivity index (χ3v) is 4.90. The van der Waals surface area contributed by atoms with Crippen molar-refractivity contribution in [2.45, 2.75) is 12.5 Å². The van der Waals surface area contributed by atoms with Crippen LogP contribution in [0.5, 0.6) is 0 Å². The minimum Gasteiger partial charge on any atom is -0.378 e. The van der Waals surface area contributed by atoms with Crippen LogP contribution in [-0.4, -0.2) is 60.1 Å². The summed E-state index contributed by atoms with van der Waals surface area (Å²) in [5.74, 6) is -0.315. The molecule has 0 aliphatic carbocycles. The number of benzene rings is 1. The Hall–Kier alpha value is -2.61. The summed E-state index contributed by atoms with van der Waals surface area (Å²) >= 11 is 0. The van der Waals surface area contributed by atoms with E-state index >= 15 is 0 Å². The molecule has 0 spiro atoms. The Morgan fingerprint density at radius 1 is 1.27 bits per heavy atom. The van der Waals surface area contributed by atoms with Gasteiger partial charge in [-0.15, -0.1) is 0 Å². The number of nitrogens with zero attached hydrogens (tertiary/aromatic N) is 4. The lowest BCUT2D eigenvalue weighted by Gasteiger charge is -2.31. The molecule has 7 nitrogen and oxygen atoms in total. The van der Waals surface area contributed by atoms with E-state index in [0.717, 1.165) is 6.42 Å². The van der Waals surface area contributed by atoms with Crippen LogP contribution in [0.1, 0.15) is 12.5 Å². The third-order valence-electron chi connectivity index (χ3n) is 4.90. The maximum absolute atomic E-state index is 13.8. The van der Waals surface area contributed by atoms with Crippen LogP contribution in [-0.2, 0) is 4.74 Å². The topological polar surface area (TPSA) is 62.6 Å². The molecular formula is C18H22FN5O2. The van der Waals surface area contributed by atoms with Crippen molar-refractivity contribution in [1.29, 1.82) is 0 Å². The lowest BCUT2D eigenvalue weighted by atomic mass is 10.2. The van der Waals surface area contributed by atoms with Gasteiger partial charge in [0.25, 0.3) is 0 Å². The van der Waals surface area contributed by atoms with Gasteiger partial charge in [-0.3, -0.25) is 4.68 Å². The van der Waals surface area contributed by atoms with E-state index in [1.165, 1.54) is 12.1 Å². The first kappa shape index (κ1) is 16.8.